The highest BCUT2D eigenvalue weighted by atomic mass is 35.5. The number of carbonyl (C=O) groups excluding carboxylic acids is 1. The molecule has 6 heteroatoms. The zero-order valence-corrected chi connectivity index (χ0v) is 12.6. The number of hydrogen-bond donors (Lipinski definition) is 0. The number of benzene rings is 1. The van der Waals surface area contributed by atoms with Crippen molar-refractivity contribution < 1.29 is 13.6 Å². The average Bonchev–Trinajstić information content (AvgIpc) is 2.44. The molecule has 0 N–H and O–H groups in total. The van der Waals surface area contributed by atoms with Crippen molar-refractivity contribution in [1.82, 2.24) is 4.98 Å². The summed E-state index contributed by atoms with van der Waals surface area (Å²) in [4.78, 5) is 17.4. The lowest BCUT2D eigenvalue weighted by atomic mass is 10.0. The molecular formula is C16H13ClF2N2O. The van der Waals surface area contributed by atoms with E-state index in [9.17, 15) is 13.6 Å². The van der Waals surface area contributed by atoms with Gasteiger partial charge in [-0.05, 0) is 24.3 Å². The van der Waals surface area contributed by atoms with Crippen LogP contribution >= 0.6 is 11.6 Å². The first kappa shape index (κ1) is 14.9. The maximum absolute atomic E-state index is 13.1. The largest absolute Gasteiger partial charge is 0.358 e. The molecule has 1 saturated heterocycles. The summed E-state index contributed by atoms with van der Waals surface area (Å²) < 4.78 is 26.3. The molecule has 0 amide bonds. The van der Waals surface area contributed by atoms with Gasteiger partial charge in [-0.15, -0.1) is 0 Å². The maximum atomic E-state index is 13.1. The van der Waals surface area contributed by atoms with Crippen LogP contribution in [-0.2, 0) is 0 Å². The van der Waals surface area contributed by atoms with E-state index in [-0.39, 0.29) is 18.9 Å². The first-order valence-electron chi connectivity index (χ1n) is 6.76. The Morgan fingerprint density at radius 2 is 2.00 bits per heavy atom. The number of nitrogens with zero attached hydrogens (tertiary/aromatic N) is 2. The van der Waals surface area contributed by atoms with Crippen molar-refractivity contribution in [2.45, 2.75) is 12.8 Å². The van der Waals surface area contributed by atoms with Crippen LogP contribution in [0, 0.1) is 0 Å². The minimum Gasteiger partial charge on any atom is -0.358 e. The highest BCUT2D eigenvalue weighted by Gasteiger charge is 2.44. The van der Waals surface area contributed by atoms with Crippen LogP contribution in [0.3, 0.4) is 0 Å². The van der Waals surface area contributed by atoms with E-state index in [0.29, 0.717) is 27.7 Å². The van der Waals surface area contributed by atoms with Gasteiger partial charge >= 0.3 is 0 Å². The zero-order chi connectivity index (χ0) is 15.9. The number of pyridine rings is 1. The highest BCUT2D eigenvalue weighted by Crippen LogP contribution is 2.37. The number of ketones is 1. The van der Waals surface area contributed by atoms with Crippen molar-refractivity contribution in [2.24, 2.45) is 0 Å². The van der Waals surface area contributed by atoms with Gasteiger partial charge in [0.2, 0.25) is 0 Å². The number of alkyl halides is 2. The van der Waals surface area contributed by atoms with Crippen molar-refractivity contribution in [3.8, 4) is 11.3 Å². The van der Waals surface area contributed by atoms with Crippen molar-refractivity contribution in [2.75, 3.05) is 18.0 Å². The molecule has 1 aromatic carbocycles. The number of anilines is 1. The van der Waals surface area contributed by atoms with Crippen LogP contribution < -0.4 is 4.90 Å². The van der Waals surface area contributed by atoms with Crippen LogP contribution in [0.15, 0.2) is 36.4 Å². The zero-order valence-electron chi connectivity index (χ0n) is 11.8. The summed E-state index contributed by atoms with van der Waals surface area (Å²) >= 11 is 5.99. The SMILES string of the molecule is CC(=O)c1ccc(N2CC(F)(F)C2)c(-c2cccc(Cl)c2)n1. The van der Waals surface area contributed by atoms with E-state index >= 15 is 0 Å². The van der Waals surface area contributed by atoms with E-state index in [2.05, 4.69) is 4.98 Å². The molecule has 114 valence electrons. The Hall–Kier alpha value is -2.01. The molecular weight excluding hydrogens is 310 g/mol. The molecule has 0 aliphatic carbocycles. The van der Waals surface area contributed by atoms with Crippen molar-refractivity contribution in [3.63, 3.8) is 0 Å². The van der Waals surface area contributed by atoms with E-state index in [4.69, 9.17) is 11.6 Å². The van der Waals surface area contributed by atoms with Gasteiger partial charge in [-0.2, -0.15) is 0 Å². The minimum atomic E-state index is -2.68. The molecule has 0 spiro atoms. The molecule has 0 radical (unpaired) electrons. The fourth-order valence-electron chi connectivity index (χ4n) is 2.43. The molecule has 3 nitrogen and oxygen atoms in total. The van der Waals surface area contributed by atoms with Crippen LogP contribution in [0.4, 0.5) is 14.5 Å². The summed E-state index contributed by atoms with van der Waals surface area (Å²) in [6, 6.07) is 10.2. The lowest BCUT2D eigenvalue weighted by Crippen LogP contribution is -2.56. The third kappa shape index (κ3) is 2.81. The van der Waals surface area contributed by atoms with Gasteiger partial charge in [0.1, 0.15) is 5.69 Å². The third-order valence-electron chi connectivity index (χ3n) is 3.52. The quantitative estimate of drug-likeness (QED) is 0.799. The van der Waals surface area contributed by atoms with Gasteiger partial charge in [0.05, 0.1) is 24.5 Å². The molecule has 0 unspecified atom stereocenters. The van der Waals surface area contributed by atoms with Gasteiger partial charge in [-0.3, -0.25) is 4.79 Å². The molecule has 2 aromatic rings. The number of aromatic nitrogens is 1. The summed E-state index contributed by atoms with van der Waals surface area (Å²) in [6.07, 6.45) is 0. The molecule has 0 atom stereocenters. The number of Topliss-reactive ketones (excluding diaryl/α,β-unsaturated/α-hetero) is 1. The molecule has 0 bridgehead atoms. The predicted molar refractivity (Wildman–Crippen MR) is 81.8 cm³/mol. The maximum Gasteiger partial charge on any atom is 0.282 e. The monoisotopic (exact) mass is 322 g/mol. The number of hydrogen-bond acceptors (Lipinski definition) is 3. The van der Waals surface area contributed by atoms with Crippen LogP contribution in [0.1, 0.15) is 17.4 Å². The van der Waals surface area contributed by atoms with Crippen molar-refractivity contribution in [3.05, 3.63) is 47.1 Å². The Morgan fingerprint density at radius 1 is 1.27 bits per heavy atom. The van der Waals surface area contributed by atoms with Gasteiger partial charge in [0.25, 0.3) is 5.92 Å². The van der Waals surface area contributed by atoms with Crippen molar-refractivity contribution >= 4 is 23.1 Å². The van der Waals surface area contributed by atoms with E-state index in [1.807, 2.05) is 0 Å². The molecule has 1 aromatic heterocycles. The Morgan fingerprint density at radius 3 is 2.59 bits per heavy atom. The number of rotatable bonds is 3. The molecule has 22 heavy (non-hydrogen) atoms. The van der Waals surface area contributed by atoms with Crippen LogP contribution in [-0.4, -0.2) is 29.8 Å². The summed E-state index contributed by atoms with van der Waals surface area (Å²) in [5, 5.41) is 0.521. The summed E-state index contributed by atoms with van der Waals surface area (Å²) in [5.74, 6) is -2.85. The summed E-state index contributed by atoms with van der Waals surface area (Å²) in [7, 11) is 0. The lowest BCUT2D eigenvalue weighted by molar-refractivity contribution is -0.0262. The van der Waals surface area contributed by atoms with Crippen LogP contribution in [0.2, 0.25) is 5.02 Å². The average molecular weight is 323 g/mol. The van der Waals surface area contributed by atoms with Crippen LogP contribution in [0.5, 0.6) is 0 Å². The third-order valence-corrected chi connectivity index (χ3v) is 3.75. The van der Waals surface area contributed by atoms with Gasteiger partial charge in [-0.1, -0.05) is 23.7 Å². The second-order valence-corrected chi connectivity index (χ2v) is 5.78. The summed E-state index contributed by atoms with van der Waals surface area (Å²) in [5.41, 5.74) is 2.07. The lowest BCUT2D eigenvalue weighted by Gasteiger charge is -2.41. The Kier molecular flexibility index (Phi) is 3.60. The van der Waals surface area contributed by atoms with Crippen molar-refractivity contribution in [1.29, 1.82) is 0 Å². The standard InChI is InChI=1S/C16H13ClF2N2O/c1-10(22)13-5-6-14(21-8-16(18,19)9-21)15(20-13)11-3-2-4-12(17)7-11/h2-7H,8-9H2,1H3. The first-order valence-corrected chi connectivity index (χ1v) is 7.14. The predicted octanol–water partition coefficient (Wildman–Crippen LogP) is 4.06. The Labute approximate surface area is 131 Å². The minimum absolute atomic E-state index is 0.177. The second kappa shape index (κ2) is 5.32. The van der Waals surface area contributed by atoms with Gasteiger partial charge in [-0.25, -0.2) is 13.8 Å². The molecule has 0 saturated carbocycles. The molecule has 1 aliphatic rings. The summed E-state index contributed by atoms with van der Waals surface area (Å²) in [6.45, 7) is 0.727. The Balaban J connectivity index is 2.08. The smallest absolute Gasteiger partial charge is 0.282 e. The fourth-order valence-corrected chi connectivity index (χ4v) is 2.62. The van der Waals surface area contributed by atoms with E-state index in [1.165, 1.54) is 6.92 Å². The Bertz CT molecular complexity index is 741. The molecule has 1 fully saturated rings. The first-order chi connectivity index (χ1) is 10.4. The molecule has 2 heterocycles. The normalized spacial score (nSPS) is 16.3. The highest BCUT2D eigenvalue weighted by molar-refractivity contribution is 6.30. The topological polar surface area (TPSA) is 33.2 Å². The number of halogens is 3. The molecule has 1 aliphatic heterocycles. The van der Waals surface area contributed by atoms with E-state index in [0.717, 1.165) is 0 Å². The van der Waals surface area contributed by atoms with Gasteiger partial charge in [0.15, 0.2) is 5.78 Å². The van der Waals surface area contributed by atoms with Crippen LogP contribution in [0.25, 0.3) is 11.3 Å². The fraction of sp³-hybridized carbons (Fsp3) is 0.250. The molecule has 3 rings (SSSR count). The van der Waals surface area contributed by atoms with Gasteiger partial charge < -0.3 is 4.90 Å². The van der Waals surface area contributed by atoms with Gasteiger partial charge in [0, 0.05) is 17.5 Å². The number of carbonyl (C=O) groups is 1. The van der Waals surface area contributed by atoms with E-state index in [1.54, 1.807) is 41.3 Å². The van der Waals surface area contributed by atoms with E-state index < -0.39 is 5.92 Å². The second-order valence-electron chi connectivity index (χ2n) is 5.34.